The Morgan fingerprint density at radius 2 is 1.85 bits per heavy atom. The second-order valence-electron chi connectivity index (χ2n) is 7.70. The van der Waals surface area contributed by atoms with Gasteiger partial charge in [-0.3, -0.25) is 4.79 Å². The van der Waals surface area contributed by atoms with Crippen LogP contribution < -0.4 is 0 Å². The van der Waals surface area contributed by atoms with Crippen molar-refractivity contribution in [2.45, 2.75) is 40.4 Å². The van der Waals surface area contributed by atoms with Crippen molar-refractivity contribution in [3.05, 3.63) is 69.9 Å². The van der Waals surface area contributed by atoms with Crippen molar-refractivity contribution in [1.29, 1.82) is 0 Å². The number of benzene rings is 2. The third kappa shape index (κ3) is 3.26. The minimum absolute atomic E-state index is 0.0662. The third-order valence-corrected chi connectivity index (χ3v) is 5.59. The highest BCUT2D eigenvalue weighted by Gasteiger charge is 2.33. The molecule has 27 heavy (non-hydrogen) atoms. The number of nitrogens with zero attached hydrogens (tertiary/aromatic N) is 1. The maximum atomic E-state index is 12.9. The van der Waals surface area contributed by atoms with E-state index in [1.807, 2.05) is 24.0 Å². The maximum Gasteiger partial charge on any atom is 0.270 e. The smallest absolute Gasteiger partial charge is 0.270 e. The molecule has 0 unspecified atom stereocenters. The molecule has 140 valence electrons. The first kappa shape index (κ1) is 17.8. The van der Waals surface area contributed by atoms with Crippen molar-refractivity contribution < 1.29 is 9.53 Å². The van der Waals surface area contributed by atoms with Crippen molar-refractivity contribution in [2.75, 3.05) is 13.1 Å². The van der Waals surface area contributed by atoms with E-state index >= 15 is 0 Å². The molecule has 1 aromatic heterocycles. The molecule has 4 heteroatoms. The Labute approximate surface area is 160 Å². The average molecular weight is 362 g/mol. The molecule has 1 amide bonds. The van der Waals surface area contributed by atoms with Gasteiger partial charge in [-0.1, -0.05) is 35.9 Å². The van der Waals surface area contributed by atoms with Crippen LogP contribution in [0.1, 0.15) is 38.3 Å². The fraction of sp³-hybridized carbons (Fsp3) is 0.348. The van der Waals surface area contributed by atoms with E-state index < -0.39 is 0 Å². The van der Waals surface area contributed by atoms with Crippen molar-refractivity contribution >= 4 is 16.8 Å². The van der Waals surface area contributed by atoms with Crippen molar-refractivity contribution in [3.8, 4) is 0 Å². The van der Waals surface area contributed by atoms with Gasteiger partial charge in [-0.05, 0) is 56.0 Å². The number of carbonyl (C=O) groups excluding carboxylic acids is 1. The average Bonchev–Trinajstić information content (AvgIpc) is 2.92. The molecule has 0 atom stereocenters. The van der Waals surface area contributed by atoms with Crippen LogP contribution >= 0.6 is 0 Å². The highest BCUT2D eigenvalue weighted by molar-refractivity contribution is 6.02. The summed E-state index contributed by atoms with van der Waals surface area (Å²) in [5.41, 5.74) is 7.64. The van der Waals surface area contributed by atoms with E-state index in [1.165, 1.54) is 22.3 Å². The number of likely N-dealkylation sites (tertiary alicyclic amines) is 1. The van der Waals surface area contributed by atoms with Gasteiger partial charge in [0.05, 0.1) is 12.7 Å². The van der Waals surface area contributed by atoms with Crippen LogP contribution in [0.25, 0.3) is 10.9 Å². The van der Waals surface area contributed by atoms with Crippen molar-refractivity contribution in [1.82, 2.24) is 9.88 Å². The summed E-state index contributed by atoms with van der Waals surface area (Å²) in [6, 6.07) is 12.5. The largest absolute Gasteiger partial charge is 0.370 e. The number of carbonyl (C=O) groups is 1. The van der Waals surface area contributed by atoms with Crippen LogP contribution in [0.4, 0.5) is 0 Å². The van der Waals surface area contributed by atoms with E-state index in [-0.39, 0.29) is 12.0 Å². The Hall–Kier alpha value is -2.59. The first-order valence-corrected chi connectivity index (χ1v) is 9.49. The SMILES string of the molecule is Cc1cc(C)c2[nH]c(C(=O)N3CC(OCc4ccccc4C)C3)c(C)c2c1. The third-order valence-electron chi connectivity index (χ3n) is 5.59. The van der Waals surface area contributed by atoms with Gasteiger partial charge in [0.2, 0.25) is 0 Å². The fourth-order valence-corrected chi connectivity index (χ4v) is 3.84. The number of ether oxygens (including phenoxy) is 1. The van der Waals surface area contributed by atoms with Gasteiger partial charge < -0.3 is 14.6 Å². The van der Waals surface area contributed by atoms with Crippen molar-refractivity contribution in [2.24, 2.45) is 0 Å². The van der Waals surface area contributed by atoms with Gasteiger partial charge in [0.25, 0.3) is 5.91 Å². The zero-order valence-electron chi connectivity index (χ0n) is 16.4. The summed E-state index contributed by atoms with van der Waals surface area (Å²) in [6.07, 6.45) is 0.113. The van der Waals surface area contributed by atoms with Crippen LogP contribution in [0, 0.1) is 27.7 Å². The van der Waals surface area contributed by atoms with Crippen molar-refractivity contribution in [3.63, 3.8) is 0 Å². The number of fused-ring (bicyclic) bond motifs is 1. The predicted molar refractivity (Wildman–Crippen MR) is 108 cm³/mol. The Morgan fingerprint density at radius 3 is 2.59 bits per heavy atom. The second kappa shape index (κ2) is 6.86. The van der Waals surface area contributed by atoms with E-state index in [1.54, 1.807) is 0 Å². The molecule has 0 bridgehead atoms. The minimum Gasteiger partial charge on any atom is -0.370 e. The molecule has 2 aromatic carbocycles. The predicted octanol–water partition coefficient (Wildman–Crippen LogP) is 4.44. The standard InChI is InChI=1S/C23H26N2O2/c1-14-9-16(3)21-20(10-14)17(4)22(24-21)23(26)25-11-19(12-25)27-13-18-8-6-5-7-15(18)2/h5-10,19,24H,11-13H2,1-4H3. The topological polar surface area (TPSA) is 45.3 Å². The highest BCUT2D eigenvalue weighted by atomic mass is 16.5. The summed E-state index contributed by atoms with van der Waals surface area (Å²) in [4.78, 5) is 18.1. The monoisotopic (exact) mass is 362 g/mol. The second-order valence-corrected chi connectivity index (χ2v) is 7.70. The van der Waals surface area contributed by atoms with E-state index in [0.29, 0.717) is 25.4 Å². The summed E-state index contributed by atoms with van der Waals surface area (Å²) >= 11 is 0. The Morgan fingerprint density at radius 1 is 1.11 bits per heavy atom. The Kier molecular flexibility index (Phi) is 4.52. The lowest BCUT2D eigenvalue weighted by molar-refractivity contribution is -0.0506. The molecule has 1 saturated heterocycles. The molecule has 0 aliphatic carbocycles. The summed E-state index contributed by atoms with van der Waals surface area (Å²) in [5.74, 6) is 0.0662. The number of aromatic amines is 1. The number of hydrogen-bond donors (Lipinski definition) is 1. The number of aryl methyl sites for hydroxylation is 4. The molecule has 4 nitrogen and oxygen atoms in total. The number of nitrogens with one attached hydrogen (secondary N) is 1. The lowest BCUT2D eigenvalue weighted by Gasteiger charge is -2.38. The van der Waals surface area contributed by atoms with Crippen LogP contribution in [0.3, 0.4) is 0 Å². The molecule has 0 radical (unpaired) electrons. The number of rotatable bonds is 4. The van der Waals surface area contributed by atoms with Crippen LogP contribution in [-0.4, -0.2) is 35.0 Å². The van der Waals surface area contributed by atoms with Crippen LogP contribution in [0.2, 0.25) is 0 Å². The van der Waals surface area contributed by atoms with Crippen LogP contribution in [0.5, 0.6) is 0 Å². The Bertz CT molecular complexity index is 1010. The summed E-state index contributed by atoms with van der Waals surface area (Å²) in [6.45, 7) is 10.2. The zero-order valence-corrected chi connectivity index (χ0v) is 16.4. The van der Waals surface area contributed by atoms with Gasteiger partial charge in [0, 0.05) is 24.0 Å². The van der Waals surface area contributed by atoms with E-state index in [9.17, 15) is 4.79 Å². The summed E-state index contributed by atoms with van der Waals surface area (Å²) in [5, 5.41) is 1.14. The van der Waals surface area contributed by atoms with Crippen LogP contribution in [0.15, 0.2) is 36.4 Å². The molecule has 0 saturated carbocycles. The molecule has 3 aromatic rings. The fourth-order valence-electron chi connectivity index (χ4n) is 3.84. The molecule has 1 aliphatic rings. The quantitative estimate of drug-likeness (QED) is 0.746. The molecule has 0 spiro atoms. The maximum absolute atomic E-state index is 12.9. The highest BCUT2D eigenvalue weighted by Crippen LogP contribution is 2.28. The molecule has 1 aliphatic heterocycles. The first-order chi connectivity index (χ1) is 12.9. The van der Waals surface area contributed by atoms with E-state index in [2.05, 4.69) is 50.0 Å². The number of hydrogen-bond acceptors (Lipinski definition) is 2. The van der Waals surface area contributed by atoms with Gasteiger partial charge in [-0.15, -0.1) is 0 Å². The Balaban J connectivity index is 1.42. The number of H-pyrrole nitrogens is 1. The lowest BCUT2D eigenvalue weighted by atomic mass is 10.0. The molecular formula is C23H26N2O2. The first-order valence-electron chi connectivity index (χ1n) is 9.49. The molecule has 2 heterocycles. The summed E-state index contributed by atoms with van der Waals surface area (Å²) in [7, 11) is 0. The molecule has 1 fully saturated rings. The number of amides is 1. The van der Waals surface area contributed by atoms with Gasteiger partial charge in [-0.2, -0.15) is 0 Å². The molecule has 4 rings (SSSR count). The lowest BCUT2D eigenvalue weighted by Crippen LogP contribution is -2.54. The zero-order chi connectivity index (χ0) is 19.1. The van der Waals surface area contributed by atoms with Gasteiger partial charge >= 0.3 is 0 Å². The van der Waals surface area contributed by atoms with Gasteiger partial charge in [0.1, 0.15) is 5.69 Å². The minimum atomic E-state index is 0.0662. The van der Waals surface area contributed by atoms with E-state index in [0.717, 1.165) is 16.5 Å². The summed E-state index contributed by atoms with van der Waals surface area (Å²) < 4.78 is 5.98. The number of aromatic nitrogens is 1. The normalized spacial score (nSPS) is 14.6. The molecular weight excluding hydrogens is 336 g/mol. The van der Waals surface area contributed by atoms with Gasteiger partial charge in [-0.25, -0.2) is 0 Å². The van der Waals surface area contributed by atoms with Crippen LogP contribution in [-0.2, 0) is 11.3 Å². The molecule has 1 N–H and O–H groups in total. The van der Waals surface area contributed by atoms with Gasteiger partial charge in [0.15, 0.2) is 0 Å². The van der Waals surface area contributed by atoms with E-state index in [4.69, 9.17) is 4.74 Å².